The summed E-state index contributed by atoms with van der Waals surface area (Å²) in [5, 5.41) is 20.4. The monoisotopic (exact) mass is 415 g/mol. The van der Waals surface area contributed by atoms with Gasteiger partial charge >= 0.3 is 5.97 Å². The van der Waals surface area contributed by atoms with Gasteiger partial charge in [-0.1, -0.05) is 15.9 Å². The molecule has 0 aliphatic carbocycles. The summed E-state index contributed by atoms with van der Waals surface area (Å²) >= 11 is 3.42. The van der Waals surface area contributed by atoms with Gasteiger partial charge in [-0.25, -0.2) is 0 Å². The lowest BCUT2D eigenvalue weighted by atomic mass is 9.85. The summed E-state index contributed by atoms with van der Waals surface area (Å²) < 4.78 is 6.77. The summed E-state index contributed by atoms with van der Waals surface area (Å²) in [6.07, 6.45) is 0.550. The average molecular weight is 416 g/mol. The summed E-state index contributed by atoms with van der Waals surface area (Å²) in [5.74, 6) is -0.860. The number of nitro groups is 1. The smallest absolute Gasteiger partial charge is 0.309 e. The van der Waals surface area contributed by atoms with Crippen molar-refractivity contribution in [2.45, 2.75) is 66.1 Å². The van der Waals surface area contributed by atoms with E-state index in [1.807, 2.05) is 20.8 Å². The number of nitro benzene ring substituents is 1. The minimum absolute atomic E-state index is 0.00787. The SMILES string of the molecule is Cc1cc([N+](=O)[O-])cc(Br)c1C(CCC(C)(C)C(=O)O)OC(C)(C)C. The molecule has 0 spiro atoms. The number of carboxylic acid groups (broad SMARTS) is 1. The molecule has 25 heavy (non-hydrogen) atoms. The van der Waals surface area contributed by atoms with E-state index in [1.54, 1.807) is 20.8 Å². The molecule has 1 N–H and O–H groups in total. The molecule has 0 heterocycles. The van der Waals surface area contributed by atoms with Crippen LogP contribution in [0.15, 0.2) is 16.6 Å². The van der Waals surface area contributed by atoms with Crippen molar-refractivity contribution in [3.8, 4) is 0 Å². The topological polar surface area (TPSA) is 89.7 Å². The molecule has 1 aromatic rings. The summed E-state index contributed by atoms with van der Waals surface area (Å²) in [6, 6.07) is 2.98. The highest BCUT2D eigenvalue weighted by Gasteiger charge is 2.31. The number of non-ortho nitro benzene ring substituents is 1. The molecule has 1 rings (SSSR count). The highest BCUT2D eigenvalue weighted by atomic mass is 79.9. The molecule has 1 atom stereocenters. The van der Waals surface area contributed by atoms with Gasteiger partial charge in [0, 0.05) is 16.6 Å². The highest BCUT2D eigenvalue weighted by Crippen LogP contribution is 2.39. The standard InChI is InChI=1S/C18H26BrNO5/c1-11-9-12(20(23)24)10-13(19)15(11)14(25-17(2,3)4)7-8-18(5,6)16(21)22/h9-10,14H,7-8H2,1-6H3,(H,21,22). The van der Waals surface area contributed by atoms with E-state index in [0.717, 1.165) is 11.1 Å². The van der Waals surface area contributed by atoms with Crippen LogP contribution in [0, 0.1) is 22.5 Å². The molecule has 6 nitrogen and oxygen atoms in total. The van der Waals surface area contributed by atoms with E-state index in [4.69, 9.17) is 4.74 Å². The quantitative estimate of drug-likeness (QED) is 0.474. The zero-order valence-electron chi connectivity index (χ0n) is 15.6. The van der Waals surface area contributed by atoms with Crippen molar-refractivity contribution in [3.05, 3.63) is 37.8 Å². The lowest BCUT2D eigenvalue weighted by molar-refractivity contribution is -0.385. The molecule has 0 aliphatic rings. The number of carbonyl (C=O) groups is 1. The predicted molar refractivity (Wildman–Crippen MR) is 99.8 cm³/mol. The van der Waals surface area contributed by atoms with E-state index >= 15 is 0 Å². The van der Waals surface area contributed by atoms with Gasteiger partial charge in [-0.05, 0) is 65.5 Å². The van der Waals surface area contributed by atoms with Crippen LogP contribution in [-0.2, 0) is 9.53 Å². The van der Waals surface area contributed by atoms with Crippen molar-refractivity contribution in [3.63, 3.8) is 0 Å². The molecule has 0 saturated carbocycles. The predicted octanol–water partition coefficient (Wildman–Crippen LogP) is 5.41. The van der Waals surface area contributed by atoms with Gasteiger partial charge in [0.15, 0.2) is 0 Å². The third-order valence-corrected chi connectivity index (χ3v) is 4.62. The van der Waals surface area contributed by atoms with E-state index in [1.165, 1.54) is 12.1 Å². The molecule has 7 heteroatoms. The van der Waals surface area contributed by atoms with E-state index < -0.39 is 21.9 Å². The first-order valence-corrected chi connectivity index (χ1v) is 8.89. The molecule has 1 aromatic carbocycles. The molecule has 0 saturated heterocycles. The number of aliphatic carboxylic acids is 1. The Balaban J connectivity index is 3.25. The first kappa shape index (κ1) is 21.6. The molecular weight excluding hydrogens is 390 g/mol. The minimum atomic E-state index is -0.874. The molecule has 0 aromatic heterocycles. The second-order valence-corrected chi connectivity index (χ2v) is 8.72. The van der Waals surface area contributed by atoms with Gasteiger partial charge in [0.1, 0.15) is 0 Å². The normalized spacial score (nSPS) is 13.6. The van der Waals surface area contributed by atoms with Crippen molar-refractivity contribution in [2.75, 3.05) is 0 Å². The summed E-state index contributed by atoms with van der Waals surface area (Å²) in [4.78, 5) is 22.0. The molecule has 0 amide bonds. The fraction of sp³-hybridized carbons (Fsp3) is 0.611. The lowest BCUT2D eigenvalue weighted by Crippen LogP contribution is -2.27. The second-order valence-electron chi connectivity index (χ2n) is 7.86. The minimum Gasteiger partial charge on any atom is -0.481 e. The lowest BCUT2D eigenvalue weighted by Gasteiger charge is -2.31. The maximum Gasteiger partial charge on any atom is 0.309 e. The Bertz CT molecular complexity index is 641. The van der Waals surface area contributed by atoms with Crippen molar-refractivity contribution in [1.82, 2.24) is 0 Å². The molecular formula is C18H26BrNO5. The Labute approximate surface area is 156 Å². The largest absolute Gasteiger partial charge is 0.481 e. The van der Waals surface area contributed by atoms with E-state index in [2.05, 4.69) is 15.9 Å². The fourth-order valence-electron chi connectivity index (χ4n) is 2.54. The number of nitrogens with zero attached hydrogens (tertiary/aromatic N) is 1. The number of benzene rings is 1. The Kier molecular flexibility index (Phi) is 6.75. The molecule has 1 unspecified atom stereocenters. The summed E-state index contributed by atoms with van der Waals surface area (Å²) in [5.41, 5.74) is 0.255. The van der Waals surface area contributed by atoms with Crippen molar-refractivity contribution in [1.29, 1.82) is 0 Å². The van der Waals surface area contributed by atoms with Crippen LogP contribution in [0.5, 0.6) is 0 Å². The summed E-state index contributed by atoms with van der Waals surface area (Å²) in [7, 11) is 0. The molecule has 0 bridgehead atoms. The van der Waals surface area contributed by atoms with Gasteiger partial charge in [0.05, 0.1) is 22.0 Å². The maximum absolute atomic E-state index is 11.4. The van der Waals surface area contributed by atoms with Crippen molar-refractivity contribution < 1.29 is 19.6 Å². The Morgan fingerprint density at radius 2 is 1.88 bits per heavy atom. The van der Waals surface area contributed by atoms with Gasteiger partial charge in [0.25, 0.3) is 5.69 Å². The molecule has 0 aliphatic heterocycles. The van der Waals surface area contributed by atoms with Crippen LogP contribution < -0.4 is 0 Å². The number of aryl methyl sites for hydroxylation is 1. The van der Waals surface area contributed by atoms with Gasteiger partial charge in [0.2, 0.25) is 0 Å². The Morgan fingerprint density at radius 1 is 1.32 bits per heavy atom. The number of halogens is 1. The fourth-order valence-corrected chi connectivity index (χ4v) is 3.34. The number of carboxylic acids is 1. The third kappa shape index (κ3) is 6.08. The molecule has 140 valence electrons. The van der Waals surface area contributed by atoms with E-state index in [-0.39, 0.29) is 11.8 Å². The van der Waals surface area contributed by atoms with Gasteiger partial charge in [-0.2, -0.15) is 0 Å². The molecule has 0 fully saturated rings. The van der Waals surface area contributed by atoms with Gasteiger partial charge in [-0.3, -0.25) is 14.9 Å². The number of rotatable bonds is 7. The van der Waals surface area contributed by atoms with Crippen LogP contribution in [0.2, 0.25) is 0 Å². The van der Waals surface area contributed by atoms with Crippen LogP contribution in [-0.4, -0.2) is 21.6 Å². The van der Waals surface area contributed by atoms with Gasteiger partial charge < -0.3 is 9.84 Å². The number of ether oxygens (including phenoxy) is 1. The Hall–Kier alpha value is -1.47. The molecule has 0 radical (unpaired) electrons. The van der Waals surface area contributed by atoms with Crippen molar-refractivity contribution >= 4 is 27.6 Å². The zero-order valence-corrected chi connectivity index (χ0v) is 17.1. The number of hydrogen-bond donors (Lipinski definition) is 1. The van der Waals surface area contributed by atoms with Crippen molar-refractivity contribution in [2.24, 2.45) is 5.41 Å². The summed E-state index contributed by atoms with van der Waals surface area (Å²) in [6.45, 7) is 10.9. The van der Waals surface area contributed by atoms with Crippen LogP contribution in [0.3, 0.4) is 0 Å². The second kappa shape index (κ2) is 7.83. The van der Waals surface area contributed by atoms with E-state index in [9.17, 15) is 20.0 Å². The number of hydrogen-bond acceptors (Lipinski definition) is 4. The highest BCUT2D eigenvalue weighted by molar-refractivity contribution is 9.10. The van der Waals surface area contributed by atoms with Crippen LogP contribution in [0.25, 0.3) is 0 Å². The van der Waals surface area contributed by atoms with Crippen LogP contribution in [0.4, 0.5) is 5.69 Å². The van der Waals surface area contributed by atoms with E-state index in [0.29, 0.717) is 17.3 Å². The average Bonchev–Trinajstić information content (AvgIpc) is 2.41. The third-order valence-electron chi connectivity index (χ3n) is 3.96. The van der Waals surface area contributed by atoms with Crippen LogP contribution in [0.1, 0.15) is 64.7 Å². The Morgan fingerprint density at radius 3 is 2.28 bits per heavy atom. The maximum atomic E-state index is 11.4. The first-order valence-electron chi connectivity index (χ1n) is 8.10. The van der Waals surface area contributed by atoms with Gasteiger partial charge in [-0.15, -0.1) is 0 Å². The zero-order chi connectivity index (χ0) is 19.6. The van der Waals surface area contributed by atoms with Crippen LogP contribution >= 0.6 is 15.9 Å². The first-order chi connectivity index (χ1) is 11.2.